The summed E-state index contributed by atoms with van der Waals surface area (Å²) in [5, 5.41) is 7.25. The maximum absolute atomic E-state index is 13.3. The Labute approximate surface area is 255 Å². The fourth-order valence-electron chi connectivity index (χ4n) is 4.36. The number of aryl methyl sites for hydroxylation is 1. The summed E-state index contributed by atoms with van der Waals surface area (Å²) in [5.74, 6) is 0.461. The van der Waals surface area contributed by atoms with Gasteiger partial charge in [-0.25, -0.2) is 4.39 Å². The van der Waals surface area contributed by atoms with Gasteiger partial charge >= 0.3 is 0 Å². The van der Waals surface area contributed by atoms with Gasteiger partial charge in [0.15, 0.2) is 6.29 Å². The minimum Gasteiger partial charge on any atom is -0.398 e. The maximum Gasteiger partial charge on any atom is 0.224 e. The molecule has 1 aromatic heterocycles. The van der Waals surface area contributed by atoms with Crippen molar-refractivity contribution in [1.29, 1.82) is 0 Å². The Hall–Kier alpha value is -2.78. The van der Waals surface area contributed by atoms with E-state index in [4.69, 9.17) is 28.9 Å². The molecular formula is C31H37Cl2FN4O2S. The molecule has 3 aromatic rings. The molecule has 41 heavy (non-hydrogen) atoms. The number of halogens is 3. The lowest BCUT2D eigenvalue weighted by Gasteiger charge is -2.10. The van der Waals surface area contributed by atoms with Crippen LogP contribution in [0.2, 0.25) is 10.0 Å². The number of alkyl halides is 1. The molecule has 6 nitrogen and oxygen atoms in total. The first-order valence-corrected chi connectivity index (χ1v) is 15.3. The molecule has 0 radical (unpaired) electrons. The van der Waals surface area contributed by atoms with Crippen molar-refractivity contribution in [2.45, 2.75) is 56.9 Å². The number of aldehydes is 1. The Kier molecular flexibility index (Phi) is 12.8. The Bertz CT molecular complexity index is 1370. The predicted molar refractivity (Wildman–Crippen MR) is 170 cm³/mol. The highest BCUT2D eigenvalue weighted by molar-refractivity contribution is 7.98. The standard InChI is InChI=1S/C31H37Cl2FN4O2S/c1-4-22(34)10-11-36-12-13-37-31(40)16-24-19(2)30(38-20(24)3)14-21(17-39)25-15-23(8-9-29(25)35)41-18-26-27(32)6-5-7-28(26)33/h5-9,14-15,17,22,36,38H,4,10-13,16,18,35H2,1-3H3,(H,37,40)/b21-14+. The number of allylic oxidation sites excluding steroid dienone is 1. The summed E-state index contributed by atoms with van der Waals surface area (Å²) in [4.78, 5) is 29.0. The zero-order valence-electron chi connectivity index (χ0n) is 23.6. The second-order valence-electron chi connectivity index (χ2n) is 9.79. The van der Waals surface area contributed by atoms with Gasteiger partial charge in [0.2, 0.25) is 5.91 Å². The van der Waals surface area contributed by atoms with Gasteiger partial charge < -0.3 is 21.4 Å². The number of aromatic amines is 1. The highest BCUT2D eigenvalue weighted by Crippen LogP contribution is 2.34. The number of benzene rings is 2. The summed E-state index contributed by atoms with van der Waals surface area (Å²) in [6, 6.07) is 11.0. The van der Waals surface area contributed by atoms with E-state index in [1.165, 1.54) is 0 Å². The highest BCUT2D eigenvalue weighted by Gasteiger charge is 2.16. The topological polar surface area (TPSA) is 100 Å². The Morgan fingerprint density at radius 1 is 1.12 bits per heavy atom. The van der Waals surface area contributed by atoms with E-state index in [9.17, 15) is 14.0 Å². The van der Waals surface area contributed by atoms with Crippen LogP contribution in [0.1, 0.15) is 53.4 Å². The molecule has 0 spiro atoms. The van der Waals surface area contributed by atoms with Crippen molar-refractivity contribution < 1.29 is 14.0 Å². The van der Waals surface area contributed by atoms with Gasteiger partial charge in [-0.3, -0.25) is 9.59 Å². The van der Waals surface area contributed by atoms with Gasteiger partial charge in [-0.2, -0.15) is 0 Å². The average molecular weight is 620 g/mol. The third kappa shape index (κ3) is 9.36. The highest BCUT2D eigenvalue weighted by atomic mass is 35.5. The van der Waals surface area contributed by atoms with E-state index in [2.05, 4.69) is 15.6 Å². The Morgan fingerprint density at radius 2 is 1.85 bits per heavy atom. The van der Waals surface area contributed by atoms with E-state index in [1.807, 2.05) is 32.9 Å². The maximum atomic E-state index is 13.3. The summed E-state index contributed by atoms with van der Waals surface area (Å²) in [5.41, 5.74) is 12.0. The van der Waals surface area contributed by atoms with Gasteiger partial charge in [-0.1, -0.05) is 36.2 Å². The van der Waals surface area contributed by atoms with Crippen molar-refractivity contribution in [3.8, 4) is 0 Å². The summed E-state index contributed by atoms with van der Waals surface area (Å²) >= 11 is 14.2. The molecule has 1 heterocycles. The first kappa shape index (κ1) is 32.7. The molecule has 0 aliphatic carbocycles. The monoisotopic (exact) mass is 618 g/mol. The quantitative estimate of drug-likeness (QED) is 0.0486. The lowest BCUT2D eigenvalue weighted by Crippen LogP contribution is -2.33. The minimum absolute atomic E-state index is 0.104. The van der Waals surface area contributed by atoms with Crippen LogP contribution in [0, 0.1) is 13.8 Å². The van der Waals surface area contributed by atoms with Crippen LogP contribution >= 0.6 is 35.0 Å². The fraction of sp³-hybridized carbons (Fsp3) is 0.355. The number of nitrogens with two attached hydrogens (primary N) is 1. The van der Waals surface area contributed by atoms with Crippen molar-refractivity contribution in [3.05, 3.63) is 80.1 Å². The fourth-order valence-corrected chi connectivity index (χ4v) is 6.03. The van der Waals surface area contributed by atoms with E-state index >= 15 is 0 Å². The zero-order valence-corrected chi connectivity index (χ0v) is 25.9. The van der Waals surface area contributed by atoms with Crippen LogP contribution in [0.3, 0.4) is 0 Å². The molecule has 0 saturated heterocycles. The third-order valence-electron chi connectivity index (χ3n) is 6.88. The second-order valence-corrected chi connectivity index (χ2v) is 11.7. The van der Waals surface area contributed by atoms with Crippen molar-refractivity contribution in [1.82, 2.24) is 15.6 Å². The zero-order chi connectivity index (χ0) is 29.9. The van der Waals surface area contributed by atoms with Gasteiger partial charge in [0.05, 0.1) is 6.42 Å². The lowest BCUT2D eigenvalue weighted by molar-refractivity contribution is -0.120. The molecule has 0 fully saturated rings. The molecule has 0 aliphatic rings. The van der Waals surface area contributed by atoms with Gasteiger partial charge in [-0.05, 0) is 86.3 Å². The van der Waals surface area contributed by atoms with Crippen LogP contribution in [0.5, 0.6) is 0 Å². The third-order valence-corrected chi connectivity index (χ3v) is 8.61. The Balaban J connectivity index is 1.68. The van der Waals surface area contributed by atoms with Crippen molar-refractivity contribution in [3.63, 3.8) is 0 Å². The number of thioether (sulfide) groups is 1. The number of hydrogen-bond acceptors (Lipinski definition) is 5. The van der Waals surface area contributed by atoms with E-state index in [0.29, 0.717) is 65.1 Å². The number of amides is 1. The number of anilines is 1. The number of hydrogen-bond donors (Lipinski definition) is 4. The molecule has 0 bridgehead atoms. The van der Waals surface area contributed by atoms with Crippen LogP contribution in [0.4, 0.5) is 10.1 Å². The molecule has 220 valence electrons. The van der Waals surface area contributed by atoms with Crippen LogP contribution in [0.15, 0.2) is 41.3 Å². The molecular weight excluding hydrogens is 582 g/mol. The SMILES string of the molecule is CCC(F)CCNCCNC(=O)Cc1c(C)[nH]c(/C=C(\C=O)c2cc(SCc3c(Cl)cccc3Cl)ccc2N)c1C. The summed E-state index contributed by atoms with van der Waals surface area (Å²) in [6.45, 7) is 7.27. The largest absolute Gasteiger partial charge is 0.398 e. The van der Waals surface area contributed by atoms with Crippen LogP contribution in [0.25, 0.3) is 11.6 Å². The first-order valence-electron chi connectivity index (χ1n) is 13.6. The number of rotatable bonds is 15. The van der Waals surface area contributed by atoms with Gasteiger partial charge in [-0.15, -0.1) is 11.8 Å². The van der Waals surface area contributed by atoms with Gasteiger partial charge in [0, 0.05) is 62.0 Å². The predicted octanol–water partition coefficient (Wildman–Crippen LogP) is 6.94. The van der Waals surface area contributed by atoms with E-state index in [1.54, 1.807) is 42.1 Å². The molecule has 2 aromatic carbocycles. The van der Waals surface area contributed by atoms with Crippen LogP contribution in [-0.2, 0) is 21.8 Å². The summed E-state index contributed by atoms with van der Waals surface area (Å²) < 4.78 is 13.3. The molecule has 3 rings (SSSR count). The number of nitrogens with one attached hydrogen (secondary N) is 3. The van der Waals surface area contributed by atoms with Crippen molar-refractivity contribution in [2.24, 2.45) is 0 Å². The van der Waals surface area contributed by atoms with Crippen LogP contribution in [-0.4, -0.2) is 43.0 Å². The number of H-pyrrole nitrogens is 1. The molecule has 1 atom stereocenters. The summed E-state index contributed by atoms with van der Waals surface area (Å²) in [7, 11) is 0. The number of carbonyl (C=O) groups excluding carboxylic acids is 2. The number of nitrogen functional groups attached to an aromatic ring is 1. The van der Waals surface area contributed by atoms with Gasteiger partial charge in [0.25, 0.3) is 0 Å². The normalized spacial score (nSPS) is 12.4. The molecule has 5 N–H and O–H groups in total. The lowest BCUT2D eigenvalue weighted by atomic mass is 10.0. The van der Waals surface area contributed by atoms with Crippen molar-refractivity contribution in [2.75, 3.05) is 25.4 Å². The van der Waals surface area contributed by atoms with E-state index in [-0.39, 0.29) is 12.3 Å². The molecule has 1 amide bonds. The number of carbonyl (C=O) groups is 2. The molecule has 0 saturated carbocycles. The summed E-state index contributed by atoms with van der Waals surface area (Å²) in [6.07, 6.45) is 2.94. The van der Waals surface area contributed by atoms with E-state index < -0.39 is 6.17 Å². The molecule has 10 heteroatoms. The molecule has 1 unspecified atom stereocenters. The second kappa shape index (κ2) is 16.0. The van der Waals surface area contributed by atoms with Crippen LogP contribution < -0.4 is 16.4 Å². The van der Waals surface area contributed by atoms with E-state index in [0.717, 1.165) is 39.3 Å². The number of aromatic nitrogens is 1. The molecule has 0 aliphatic heterocycles. The first-order chi connectivity index (χ1) is 19.6. The Morgan fingerprint density at radius 3 is 2.54 bits per heavy atom. The minimum atomic E-state index is -0.794. The average Bonchev–Trinajstić information content (AvgIpc) is 3.21. The van der Waals surface area contributed by atoms with Crippen molar-refractivity contribution >= 4 is 64.5 Å². The van der Waals surface area contributed by atoms with Gasteiger partial charge in [0.1, 0.15) is 6.17 Å². The smallest absolute Gasteiger partial charge is 0.224 e.